The maximum absolute atomic E-state index is 5.68. The highest BCUT2D eigenvalue weighted by Gasteiger charge is 2.12. The van der Waals surface area contributed by atoms with E-state index in [9.17, 15) is 0 Å². The fraction of sp³-hybridized carbons (Fsp3) is 0.882. The zero-order valence-corrected chi connectivity index (χ0v) is 12.6. The van der Waals surface area contributed by atoms with Crippen molar-refractivity contribution in [1.29, 1.82) is 0 Å². The molecule has 0 aromatic rings. The number of ether oxygens (including phenoxy) is 2. The summed E-state index contributed by atoms with van der Waals surface area (Å²) in [6, 6.07) is 0. The zero-order chi connectivity index (χ0) is 13.6. The summed E-state index contributed by atoms with van der Waals surface area (Å²) in [5.41, 5.74) is 0. The van der Waals surface area contributed by atoms with Gasteiger partial charge in [-0.25, -0.2) is 0 Å². The third kappa shape index (κ3) is 9.99. The van der Waals surface area contributed by atoms with Crippen LogP contribution in [0, 0.1) is 11.8 Å². The number of hydrogen-bond acceptors (Lipinski definition) is 2. The van der Waals surface area contributed by atoms with Gasteiger partial charge >= 0.3 is 0 Å². The third-order valence-electron chi connectivity index (χ3n) is 3.42. The molecule has 0 radical (unpaired) electrons. The van der Waals surface area contributed by atoms with Gasteiger partial charge in [0.1, 0.15) is 0 Å². The second kappa shape index (κ2) is 12.5. The minimum absolute atomic E-state index is 0.0680. The molecule has 1 fully saturated rings. The van der Waals surface area contributed by atoms with E-state index in [-0.39, 0.29) is 6.29 Å². The highest BCUT2D eigenvalue weighted by Crippen LogP contribution is 2.14. The smallest absolute Gasteiger partial charge is 0.157 e. The minimum Gasteiger partial charge on any atom is -0.353 e. The summed E-state index contributed by atoms with van der Waals surface area (Å²) in [5.74, 6) is 6.53. The van der Waals surface area contributed by atoms with Crippen molar-refractivity contribution in [2.24, 2.45) is 0 Å². The second-order valence-electron chi connectivity index (χ2n) is 5.29. The van der Waals surface area contributed by atoms with Crippen molar-refractivity contribution in [3.8, 4) is 11.8 Å². The van der Waals surface area contributed by atoms with E-state index >= 15 is 0 Å². The fourth-order valence-corrected chi connectivity index (χ4v) is 2.19. The van der Waals surface area contributed by atoms with Crippen LogP contribution in [0.25, 0.3) is 0 Å². The van der Waals surface area contributed by atoms with Crippen LogP contribution in [0.2, 0.25) is 0 Å². The van der Waals surface area contributed by atoms with Crippen LogP contribution >= 0.6 is 0 Å². The molecule has 0 spiro atoms. The van der Waals surface area contributed by atoms with Crippen LogP contribution in [0.15, 0.2) is 0 Å². The summed E-state index contributed by atoms with van der Waals surface area (Å²) in [6.07, 6.45) is 13.2. The first-order valence-electron chi connectivity index (χ1n) is 8.12. The first-order valence-corrected chi connectivity index (χ1v) is 8.12. The van der Waals surface area contributed by atoms with Gasteiger partial charge < -0.3 is 9.47 Å². The molecule has 1 rings (SSSR count). The lowest BCUT2D eigenvalue weighted by atomic mass is 10.1. The predicted octanol–water partition coefficient (Wildman–Crippen LogP) is 4.67. The van der Waals surface area contributed by atoms with Crippen LogP contribution in [-0.4, -0.2) is 19.5 Å². The van der Waals surface area contributed by atoms with Crippen molar-refractivity contribution in [3.63, 3.8) is 0 Å². The molecule has 19 heavy (non-hydrogen) atoms. The molecule has 110 valence electrons. The molecule has 0 aromatic carbocycles. The van der Waals surface area contributed by atoms with E-state index in [2.05, 4.69) is 18.8 Å². The van der Waals surface area contributed by atoms with Gasteiger partial charge in [0, 0.05) is 26.1 Å². The molecule has 2 nitrogen and oxygen atoms in total. The molecular formula is C17H30O2. The quantitative estimate of drug-likeness (QED) is 0.446. The first-order chi connectivity index (χ1) is 9.43. The Balaban J connectivity index is 1.81. The fourth-order valence-electron chi connectivity index (χ4n) is 2.19. The Morgan fingerprint density at radius 1 is 1.00 bits per heavy atom. The van der Waals surface area contributed by atoms with E-state index in [0.717, 1.165) is 45.3 Å². The molecule has 1 atom stereocenters. The van der Waals surface area contributed by atoms with E-state index in [0.29, 0.717) is 0 Å². The molecule has 0 aliphatic carbocycles. The van der Waals surface area contributed by atoms with E-state index < -0.39 is 0 Å². The minimum atomic E-state index is 0.0680. The monoisotopic (exact) mass is 266 g/mol. The highest BCUT2D eigenvalue weighted by atomic mass is 16.7. The van der Waals surface area contributed by atoms with Gasteiger partial charge in [-0.1, -0.05) is 26.2 Å². The Hall–Kier alpha value is -0.520. The van der Waals surface area contributed by atoms with E-state index in [1.807, 2.05) is 0 Å². The molecule has 0 saturated carbocycles. The van der Waals surface area contributed by atoms with Crippen molar-refractivity contribution in [3.05, 3.63) is 0 Å². The van der Waals surface area contributed by atoms with E-state index in [1.165, 1.54) is 38.5 Å². The van der Waals surface area contributed by atoms with Crippen LogP contribution in [0.4, 0.5) is 0 Å². The number of hydrogen-bond donors (Lipinski definition) is 0. The summed E-state index contributed by atoms with van der Waals surface area (Å²) >= 11 is 0. The molecule has 2 heteroatoms. The van der Waals surface area contributed by atoms with Crippen molar-refractivity contribution < 1.29 is 9.47 Å². The molecule has 1 aliphatic rings. The first kappa shape index (κ1) is 16.5. The van der Waals surface area contributed by atoms with Crippen molar-refractivity contribution in [2.45, 2.75) is 83.8 Å². The molecule has 1 heterocycles. The van der Waals surface area contributed by atoms with Gasteiger partial charge in [0.25, 0.3) is 0 Å². The van der Waals surface area contributed by atoms with Gasteiger partial charge in [0.05, 0.1) is 0 Å². The summed E-state index contributed by atoms with van der Waals surface area (Å²) in [6.45, 7) is 3.93. The summed E-state index contributed by atoms with van der Waals surface area (Å²) < 4.78 is 11.2. The summed E-state index contributed by atoms with van der Waals surface area (Å²) in [5, 5.41) is 0. The molecular weight excluding hydrogens is 236 g/mol. The van der Waals surface area contributed by atoms with Gasteiger partial charge in [-0.15, -0.1) is 11.8 Å². The van der Waals surface area contributed by atoms with Gasteiger partial charge in [-0.3, -0.25) is 0 Å². The molecule has 1 aliphatic heterocycles. The number of unbranched alkanes of at least 4 members (excludes halogenated alkanes) is 6. The Morgan fingerprint density at radius 3 is 2.47 bits per heavy atom. The second-order valence-corrected chi connectivity index (χ2v) is 5.29. The van der Waals surface area contributed by atoms with Crippen molar-refractivity contribution in [2.75, 3.05) is 13.2 Å². The van der Waals surface area contributed by atoms with Crippen LogP contribution in [-0.2, 0) is 9.47 Å². The molecule has 0 aromatic heterocycles. The van der Waals surface area contributed by atoms with Crippen molar-refractivity contribution >= 4 is 0 Å². The Labute approximate surface area is 119 Å². The predicted molar refractivity (Wildman–Crippen MR) is 79.9 cm³/mol. The van der Waals surface area contributed by atoms with Gasteiger partial charge in [-0.05, 0) is 38.5 Å². The molecule has 0 bridgehead atoms. The largest absolute Gasteiger partial charge is 0.353 e. The van der Waals surface area contributed by atoms with Gasteiger partial charge in [-0.2, -0.15) is 0 Å². The standard InChI is InChI=1S/C17H30O2/c1-2-3-4-5-6-7-8-9-10-12-15-18-17-14-11-13-16-19-17/h17H,2-6,9-16H2,1H3/t17-/m0/s1. The lowest BCUT2D eigenvalue weighted by Gasteiger charge is -2.22. The summed E-state index contributed by atoms with van der Waals surface area (Å²) in [4.78, 5) is 0. The molecule has 0 unspecified atom stereocenters. The van der Waals surface area contributed by atoms with E-state index in [4.69, 9.17) is 9.47 Å². The van der Waals surface area contributed by atoms with Crippen LogP contribution in [0.3, 0.4) is 0 Å². The molecule has 0 amide bonds. The Morgan fingerprint density at radius 2 is 1.79 bits per heavy atom. The van der Waals surface area contributed by atoms with Gasteiger partial charge in [0.15, 0.2) is 6.29 Å². The maximum Gasteiger partial charge on any atom is 0.157 e. The Bertz CT molecular complexity index is 246. The summed E-state index contributed by atoms with van der Waals surface area (Å²) in [7, 11) is 0. The van der Waals surface area contributed by atoms with Gasteiger partial charge in [0.2, 0.25) is 0 Å². The lowest BCUT2D eigenvalue weighted by Crippen LogP contribution is -2.22. The third-order valence-corrected chi connectivity index (χ3v) is 3.42. The maximum atomic E-state index is 5.68. The lowest BCUT2D eigenvalue weighted by molar-refractivity contribution is -0.162. The average molecular weight is 266 g/mol. The molecule has 0 N–H and O–H groups in total. The molecule has 1 saturated heterocycles. The highest BCUT2D eigenvalue weighted by molar-refractivity contribution is 4.98. The topological polar surface area (TPSA) is 18.5 Å². The van der Waals surface area contributed by atoms with E-state index in [1.54, 1.807) is 0 Å². The van der Waals surface area contributed by atoms with Crippen molar-refractivity contribution in [1.82, 2.24) is 0 Å². The van der Waals surface area contributed by atoms with Crippen LogP contribution in [0.1, 0.15) is 77.6 Å². The Kier molecular flexibility index (Phi) is 10.9. The average Bonchev–Trinajstić information content (AvgIpc) is 2.46. The normalized spacial score (nSPS) is 18.9. The SMILES string of the molecule is CCCCCCC#CCCCCO[C@@H]1CCCCO1. The number of rotatable bonds is 9. The van der Waals surface area contributed by atoms with Crippen LogP contribution in [0.5, 0.6) is 0 Å². The zero-order valence-electron chi connectivity index (χ0n) is 12.6. The van der Waals surface area contributed by atoms with Crippen LogP contribution < -0.4 is 0 Å².